The average Bonchev–Trinajstić information content (AvgIpc) is 2.56. The van der Waals surface area contributed by atoms with Crippen LogP contribution in [-0.4, -0.2) is 64.8 Å². The Bertz CT molecular complexity index is 531. The molecule has 0 saturated carbocycles. The van der Waals surface area contributed by atoms with E-state index in [2.05, 4.69) is 6.58 Å². The van der Waals surface area contributed by atoms with E-state index in [1.807, 2.05) is 6.07 Å². The number of rotatable bonds is 6. The first kappa shape index (κ1) is 17.7. The van der Waals surface area contributed by atoms with Gasteiger partial charge in [-0.15, -0.1) is 6.58 Å². The summed E-state index contributed by atoms with van der Waals surface area (Å²) < 4.78 is 16.1. The lowest BCUT2D eigenvalue weighted by molar-refractivity contribution is -0.277. The maximum absolute atomic E-state index is 9.99. The Labute approximate surface area is 134 Å². The van der Waals surface area contributed by atoms with Gasteiger partial charge < -0.3 is 34.6 Å². The molecule has 1 aliphatic heterocycles. The number of hydrogen-bond donors (Lipinski definition) is 4. The van der Waals surface area contributed by atoms with Crippen LogP contribution in [0.3, 0.4) is 0 Å². The third kappa shape index (κ3) is 3.82. The van der Waals surface area contributed by atoms with Crippen molar-refractivity contribution in [3.63, 3.8) is 0 Å². The number of benzene rings is 1. The summed E-state index contributed by atoms with van der Waals surface area (Å²) in [5.41, 5.74) is 0.970. The van der Waals surface area contributed by atoms with Gasteiger partial charge in [-0.2, -0.15) is 0 Å². The molecule has 2 rings (SSSR count). The lowest BCUT2D eigenvalue weighted by Crippen LogP contribution is -2.60. The van der Waals surface area contributed by atoms with E-state index in [4.69, 9.17) is 14.2 Å². The van der Waals surface area contributed by atoms with Gasteiger partial charge in [-0.25, -0.2) is 0 Å². The Balaban J connectivity index is 2.18. The summed E-state index contributed by atoms with van der Waals surface area (Å²) >= 11 is 0. The topological polar surface area (TPSA) is 109 Å². The van der Waals surface area contributed by atoms with Gasteiger partial charge >= 0.3 is 0 Å². The van der Waals surface area contributed by atoms with E-state index < -0.39 is 37.3 Å². The Hall–Kier alpha value is -1.64. The molecule has 1 heterocycles. The Morgan fingerprint density at radius 1 is 1.17 bits per heavy atom. The van der Waals surface area contributed by atoms with Crippen LogP contribution in [0, 0.1) is 0 Å². The molecule has 0 spiro atoms. The van der Waals surface area contributed by atoms with Crippen molar-refractivity contribution < 1.29 is 34.6 Å². The molecule has 1 aliphatic rings. The Kier molecular flexibility index (Phi) is 5.97. The zero-order chi connectivity index (χ0) is 17.0. The monoisotopic (exact) mass is 326 g/mol. The zero-order valence-electron chi connectivity index (χ0n) is 12.8. The molecular weight excluding hydrogens is 304 g/mol. The first-order valence-electron chi connectivity index (χ1n) is 7.26. The fourth-order valence-corrected chi connectivity index (χ4v) is 2.39. The normalized spacial score (nSPS) is 30.7. The minimum absolute atomic E-state index is 0.310. The first-order chi connectivity index (χ1) is 11.0. The van der Waals surface area contributed by atoms with Crippen molar-refractivity contribution in [2.24, 2.45) is 0 Å². The van der Waals surface area contributed by atoms with Crippen molar-refractivity contribution in [3.05, 3.63) is 36.4 Å². The molecule has 128 valence electrons. The fourth-order valence-electron chi connectivity index (χ4n) is 2.39. The predicted molar refractivity (Wildman–Crippen MR) is 81.3 cm³/mol. The summed E-state index contributed by atoms with van der Waals surface area (Å²) in [6, 6.07) is 5.23. The lowest BCUT2D eigenvalue weighted by atomic mass is 9.99. The SMILES string of the molecule is C=CCc1ccc(O[C@@H]2O[C@H](CO)[C@H](O)[C@H](O)[C@@H]2O)c(OC)c1. The molecule has 1 aromatic rings. The summed E-state index contributed by atoms with van der Waals surface area (Å²) in [6.07, 6.45) is -4.23. The van der Waals surface area contributed by atoms with Gasteiger partial charge in [-0.1, -0.05) is 12.1 Å². The third-order valence-corrected chi connectivity index (χ3v) is 3.70. The van der Waals surface area contributed by atoms with Crippen LogP contribution >= 0.6 is 0 Å². The fraction of sp³-hybridized carbons (Fsp3) is 0.500. The Morgan fingerprint density at radius 3 is 2.52 bits per heavy atom. The highest BCUT2D eigenvalue weighted by Gasteiger charge is 2.44. The van der Waals surface area contributed by atoms with Gasteiger partial charge in [0.15, 0.2) is 11.5 Å². The molecule has 5 atom stereocenters. The summed E-state index contributed by atoms with van der Waals surface area (Å²) in [5.74, 6) is 0.742. The van der Waals surface area contributed by atoms with E-state index in [1.54, 1.807) is 18.2 Å². The smallest absolute Gasteiger partial charge is 0.229 e. The van der Waals surface area contributed by atoms with Crippen LogP contribution < -0.4 is 9.47 Å². The third-order valence-electron chi connectivity index (χ3n) is 3.70. The molecule has 7 heteroatoms. The molecule has 4 N–H and O–H groups in total. The number of ether oxygens (including phenoxy) is 3. The Morgan fingerprint density at radius 2 is 1.91 bits per heavy atom. The molecule has 0 aliphatic carbocycles. The van der Waals surface area contributed by atoms with Crippen LogP contribution in [0.15, 0.2) is 30.9 Å². The van der Waals surface area contributed by atoms with Crippen LogP contribution in [0.5, 0.6) is 11.5 Å². The van der Waals surface area contributed by atoms with E-state index in [1.165, 1.54) is 7.11 Å². The molecule has 1 fully saturated rings. The van der Waals surface area contributed by atoms with Crippen molar-refractivity contribution in [1.82, 2.24) is 0 Å². The van der Waals surface area contributed by atoms with Gasteiger partial charge in [0.1, 0.15) is 24.4 Å². The maximum atomic E-state index is 9.99. The number of hydrogen-bond acceptors (Lipinski definition) is 7. The second kappa shape index (κ2) is 7.76. The van der Waals surface area contributed by atoms with Crippen molar-refractivity contribution in [1.29, 1.82) is 0 Å². The zero-order valence-corrected chi connectivity index (χ0v) is 12.8. The van der Waals surface area contributed by atoms with Crippen LogP contribution in [0.2, 0.25) is 0 Å². The number of allylic oxidation sites excluding steroid dienone is 1. The van der Waals surface area contributed by atoms with Crippen molar-refractivity contribution in [3.8, 4) is 11.5 Å². The molecular formula is C16H22O7. The highest BCUT2D eigenvalue weighted by molar-refractivity contribution is 5.43. The molecule has 0 aromatic heterocycles. The second-order valence-corrected chi connectivity index (χ2v) is 5.29. The van der Waals surface area contributed by atoms with Crippen LogP contribution in [0.4, 0.5) is 0 Å². The molecule has 7 nitrogen and oxygen atoms in total. The highest BCUT2D eigenvalue weighted by atomic mass is 16.7. The maximum Gasteiger partial charge on any atom is 0.229 e. The first-order valence-corrected chi connectivity index (χ1v) is 7.26. The molecule has 0 radical (unpaired) electrons. The minimum Gasteiger partial charge on any atom is -0.493 e. The van der Waals surface area contributed by atoms with Crippen molar-refractivity contribution >= 4 is 0 Å². The quantitative estimate of drug-likeness (QED) is 0.527. The van der Waals surface area contributed by atoms with E-state index >= 15 is 0 Å². The number of aliphatic hydroxyl groups excluding tert-OH is 4. The molecule has 0 unspecified atom stereocenters. The van der Waals surface area contributed by atoms with Gasteiger partial charge in [-0.05, 0) is 24.1 Å². The van der Waals surface area contributed by atoms with Crippen LogP contribution in [0.25, 0.3) is 0 Å². The molecule has 0 bridgehead atoms. The van der Waals surface area contributed by atoms with E-state index in [0.717, 1.165) is 5.56 Å². The summed E-state index contributed by atoms with van der Waals surface area (Å²) in [6.45, 7) is 3.16. The second-order valence-electron chi connectivity index (χ2n) is 5.29. The molecule has 1 saturated heterocycles. The van der Waals surface area contributed by atoms with Gasteiger partial charge in [0.2, 0.25) is 6.29 Å². The van der Waals surface area contributed by atoms with Crippen LogP contribution in [0.1, 0.15) is 5.56 Å². The van der Waals surface area contributed by atoms with Crippen LogP contribution in [-0.2, 0) is 11.2 Å². The lowest BCUT2D eigenvalue weighted by Gasteiger charge is -2.39. The summed E-state index contributed by atoms with van der Waals surface area (Å²) in [4.78, 5) is 0. The van der Waals surface area contributed by atoms with Crippen molar-refractivity contribution in [2.45, 2.75) is 37.1 Å². The largest absolute Gasteiger partial charge is 0.493 e. The van der Waals surface area contributed by atoms with Gasteiger partial charge in [-0.3, -0.25) is 0 Å². The number of methoxy groups -OCH3 is 1. The molecule has 23 heavy (non-hydrogen) atoms. The van der Waals surface area contributed by atoms with E-state index in [0.29, 0.717) is 17.9 Å². The molecule has 1 aromatic carbocycles. The number of aliphatic hydroxyl groups is 4. The molecule has 0 amide bonds. The summed E-state index contributed by atoms with van der Waals surface area (Å²) in [5, 5.41) is 38.7. The standard InChI is InChI=1S/C16H22O7/c1-3-4-9-5-6-10(11(7-9)21-2)22-16-15(20)14(19)13(18)12(8-17)23-16/h3,5-7,12-20H,1,4,8H2,2H3/t12-,13+,14+,15+,16-/m1/s1. The van der Waals surface area contributed by atoms with E-state index in [-0.39, 0.29) is 0 Å². The van der Waals surface area contributed by atoms with Gasteiger partial charge in [0.25, 0.3) is 0 Å². The predicted octanol–water partition coefficient (Wildman–Crippen LogP) is -0.398. The minimum atomic E-state index is -1.49. The van der Waals surface area contributed by atoms with Gasteiger partial charge in [0, 0.05) is 0 Å². The summed E-state index contributed by atoms with van der Waals surface area (Å²) in [7, 11) is 1.48. The average molecular weight is 326 g/mol. The highest BCUT2D eigenvalue weighted by Crippen LogP contribution is 2.32. The van der Waals surface area contributed by atoms with E-state index in [9.17, 15) is 20.4 Å². The van der Waals surface area contributed by atoms with Gasteiger partial charge in [0.05, 0.1) is 13.7 Å². The van der Waals surface area contributed by atoms with Crippen molar-refractivity contribution in [2.75, 3.05) is 13.7 Å².